The molecule has 0 radical (unpaired) electrons. The first kappa shape index (κ1) is 20.3. The molecule has 0 saturated heterocycles. The van der Waals surface area contributed by atoms with Gasteiger partial charge < -0.3 is 0 Å². The summed E-state index contributed by atoms with van der Waals surface area (Å²) >= 11 is 7.46. The molecule has 0 N–H and O–H groups in total. The Morgan fingerprint density at radius 3 is 2.11 bits per heavy atom. The highest BCUT2D eigenvalue weighted by Gasteiger charge is 2.16. The Bertz CT molecular complexity index is 1140. The highest BCUT2D eigenvalue weighted by Crippen LogP contribution is 2.23. The molecule has 0 saturated carbocycles. The van der Waals surface area contributed by atoms with Crippen molar-refractivity contribution in [2.75, 3.05) is 0 Å². The van der Waals surface area contributed by atoms with Gasteiger partial charge in [0, 0.05) is 16.0 Å². The quantitative estimate of drug-likeness (QED) is 0.342. The molecule has 1 aromatic heterocycles. The van der Waals surface area contributed by atoms with E-state index < -0.39 is 0 Å². The van der Waals surface area contributed by atoms with Crippen molar-refractivity contribution in [3.8, 4) is 11.3 Å². The molecule has 0 aliphatic rings. The molecule has 140 valence electrons. The van der Waals surface area contributed by atoms with Gasteiger partial charge in [0.25, 0.3) is 5.91 Å². The fourth-order valence-corrected chi connectivity index (χ4v) is 3.76. The van der Waals surface area contributed by atoms with E-state index in [0.29, 0.717) is 15.4 Å². The largest absolute Gasteiger partial charge is 0.268 e. The third kappa shape index (κ3) is 4.33. The summed E-state index contributed by atoms with van der Waals surface area (Å²) in [6, 6.07) is 26.3. The van der Waals surface area contributed by atoms with E-state index >= 15 is 0 Å². The number of nitrogens with zero attached hydrogens (tertiary/aromatic N) is 2. The second kappa shape index (κ2) is 9.15. The Labute approximate surface area is 182 Å². The molecule has 0 amide bonds. The average molecular weight is 472 g/mol. The molecule has 0 aliphatic heterocycles. The van der Waals surface area contributed by atoms with E-state index in [9.17, 15) is 4.79 Å². The number of para-hydroxylation sites is 1. The molecule has 0 unspecified atom stereocenters. The van der Waals surface area contributed by atoms with Gasteiger partial charge in [-0.25, -0.2) is 4.99 Å². The number of hydrogen-bond acceptors (Lipinski definition) is 3. The van der Waals surface area contributed by atoms with Crippen LogP contribution in [0.25, 0.3) is 11.3 Å². The van der Waals surface area contributed by atoms with E-state index in [4.69, 9.17) is 11.6 Å². The predicted molar refractivity (Wildman–Crippen MR) is 121 cm³/mol. The second-order valence-corrected chi connectivity index (χ2v) is 7.14. The molecule has 0 atom stereocenters. The molecule has 0 spiro atoms. The van der Waals surface area contributed by atoms with Crippen molar-refractivity contribution in [3.05, 3.63) is 106 Å². The van der Waals surface area contributed by atoms with E-state index in [1.165, 1.54) is 11.3 Å². The molecule has 4 aromatic rings. The van der Waals surface area contributed by atoms with Crippen LogP contribution in [0.2, 0.25) is 5.02 Å². The first-order valence-corrected chi connectivity index (χ1v) is 9.64. The number of carbonyl (C=O) groups is 1. The summed E-state index contributed by atoms with van der Waals surface area (Å²) in [5, 5.41) is 2.61. The van der Waals surface area contributed by atoms with Gasteiger partial charge in [0.15, 0.2) is 4.80 Å². The summed E-state index contributed by atoms with van der Waals surface area (Å²) in [5.74, 6) is -0.114. The number of aromatic nitrogens is 1. The zero-order valence-corrected chi connectivity index (χ0v) is 17.9. The topological polar surface area (TPSA) is 34.4 Å². The van der Waals surface area contributed by atoms with Crippen LogP contribution in [0, 0.1) is 0 Å². The predicted octanol–water partition coefficient (Wildman–Crippen LogP) is 6.37. The minimum atomic E-state index is -0.114. The molecule has 1 heterocycles. The van der Waals surface area contributed by atoms with Crippen LogP contribution in [-0.4, -0.2) is 10.5 Å². The Balaban J connectivity index is 0.00000225. The van der Waals surface area contributed by atoms with Gasteiger partial charge in [0.2, 0.25) is 0 Å². The summed E-state index contributed by atoms with van der Waals surface area (Å²) in [5.41, 5.74) is 3.12. The minimum Gasteiger partial charge on any atom is -0.268 e. The molecule has 6 heteroatoms. The number of rotatable bonds is 3. The third-order valence-corrected chi connectivity index (χ3v) is 5.13. The van der Waals surface area contributed by atoms with Crippen molar-refractivity contribution in [3.63, 3.8) is 0 Å². The maximum atomic E-state index is 13.3. The van der Waals surface area contributed by atoms with Crippen molar-refractivity contribution < 1.29 is 4.79 Å². The molecule has 3 aromatic carbocycles. The Morgan fingerprint density at radius 1 is 0.857 bits per heavy atom. The first-order valence-electron chi connectivity index (χ1n) is 8.38. The SMILES string of the molecule is Br.O=C(c1ccccc1)n1c(-c2ccc(Cl)cc2)csc1=Nc1ccccc1. The zero-order chi connectivity index (χ0) is 18.6. The molecular weight excluding hydrogens is 456 g/mol. The number of benzene rings is 3. The summed E-state index contributed by atoms with van der Waals surface area (Å²) in [6.45, 7) is 0. The lowest BCUT2D eigenvalue weighted by molar-refractivity contribution is 0.0959. The van der Waals surface area contributed by atoms with Crippen LogP contribution in [0.5, 0.6) is 0 Å². The second-order valence-electron chi connectivity index (χ2n) is 5.86. The standard InChI is InChI=1S/C22H15ClN2OS.BrH/c23-18-13-11-16(12-14-18)20-15-27-22(24-19-9-5-2-6-10-19)25(20)21(26)17-7-3-1-4-8-17;/h1-15H;1H. The molecule has 0 fully saturated rings. The molecule has 3 nitrogen and oxygen atoms in total. The van der Waals surface area contributed by atoms with Crippen molar-refractivity contribution in [2.45, 2.75) is 0 Å². The van der Waals surface area contributed by atoms with Crippen LogP contribution in [0.1, 0.15) is 10.4 Å². The third-order valence-electron chi connectivity index (χ3n) is 4.05. The summed E-state index contributed by atoms with van der Waals surface area (Å²) in [4.78, 5) is 18.6. The Hall–Kier alpha value is -2.47. The first-order chi connectivity index (χ1) is 13.2. The molecule has 28 heavy (non-hydrogen) atoms. The lowest BCUT2D eigenvalue weighted by atomic mass is 10.1. The Kier molecular flexibility index (Phi) is 6.62. The fraction of sp³-hybridized carbons (Fsp3) is 0. The van der Waals surface area contributed by atoms with Gasteiger partial charge in [-0.3, -0.25) is 9.36 Å². The van der Waals surface area contributed by atoms with Crippen LogP contribution in [-0.2, 0) is 0 Å². The molecule has 4 rings (SSSR count). The van der Waals surface area contributed by atoms with Crippen molar-refractivity contribution in [1.29, 1.82) is 0 Å². The van der Waals surface area contributed by atoms with Crippen LogP contribution < -0.4 is 4.80 Å². The van der Waals surface area contributed by atoms with Crippen molar-refractivity contribution in [2.24, 2.45) is 4.99 Å². The molecule has 0 aliphatic carbocycles. The highest BCUT2D eigenvalue weighted by atomic mass is 79.9. The van der Waals surface area contributed by atoms with E-state index in [-0.39, 0.29) is 22.9 Å². The van der Waals surface area contributed by atoms with E-state index in [0.717, 1.165) is 16.9 Å². The van der Waals surface area contributed by atoms with Crippen LogP contribution >= 0.6 is 39.9 Å². The number of halogens is 2. The highest BCUT2D eigenvalue weighted by molar-refractivity contribution is 8.93. The van der Waals surface area contributed by atoms with Crippen LogP contribution in [0.15, 0.2) is 95.3 Å². The van der Waals surface area contributed by atoms with E-state index in [1.54, 1.807) is 4.57 Å². The van der Waals surface area contributed by atoms with Gasteiger partial charge in [-0.1, -0.05) is 60.1 Å². The molecule has 0 bridgehead atoms. The average Bonchev–Trinajstić information content (AvgIpc) is 3.13. The molecular formula is C22H16BrClN2OS. The lowest BCUT2D eigenvalue weighted by Crippen LogP contribution is -2.24. The van der Waals surface area contributed by atoms with Gasteiger partial charge in [-0.05, 0) is 42.0 Å². The zero-order valence-electron chi connectivity index (χ0n) is 14.7. The van der Waals surface area contributed by atoms with Crippen molar-refractivity contribution >= 4 is 51.5 Å². The van der Waals surface area contributed by atoms with Crippen LogP contribution in [0.4, 0.5) is 5.69 Å². The number of carbonyl (C=O) groups excluding carboxylic acids is 1. The smallest absolute Gasteiger partial charge is 0.264 e. The van der Waals surface area contributed by atoms with Gasteiger partial charge in [0.05, 0.1) is 11.4 Å². The maximum Gasteiger partial charge on any atom is 0.264 e. The van der Waals surface area contributed by atoms with Gasteiger partial charge in [0.1, 0.15) is 0 Å². The van der Waals surface area contributed by atoms with Crippen molar-refractivity contribution in [1.82, 2.24) is 4.57 Å². The maximum absolute atomic E-state index is 13.3. The monoisotopic (exact) mass is 470 g/mol. The summed E-state index contributed by atoms with van der Waals surface area (Å²) < 4.78 is 1.66. The Morgan fingerprint density at radius 2 is 1.46 bits per heavy atom. The number of thiazole rings is 1. The fourth-order valence-electron chi connectivity index (χ4n) is 2.73. The number of hydrogen-bond donors (Lipinski definition) is 0. The lowest BCUT2D eigenvalue weighted by Gasteiger charge is -2.08. The van der Waals surface area contributed by atoms with Gasteiger partial charge in [-0.15, -0.1) is 28.3 Å². The van der Waals surface area contributed by atoms with Crippen LogP contribution in [0.3, 0.4) is 0 Å². The van der Waals surface area contributed by atoms with E-state index in [1.807, 2.05) is 90.3 Å². The van der Waals surface area contributed by atoms with Gasteiger partial charge >= 0.3 is 0 Å². The van der Waals surface area contributed by atoms with Gasteiger partial charge in [-0.2, -0.15) is 0 Å². The van der Waals surface area contributed by atoms with E-state index in [2.05, 4.69) is 4.99 Å². The normalized spacial score (nSPS) is 11.1. The summed E-state index contributed by atoms with van der Waals surface area (Å²) in [6.07, 6.45) is 0. The minimum absolute atomic E-state index is 0. The summed E-state index contributed by atoms with van der Waals surface area (Å²) in [7, 11) is 0.